The van der Waals surface area contributed by atoms with Gasteiger partial charge in [0.15, 0.2) is 0 Å². The van der Waals surface area contributed by atoms with Gasteiger partial charge in [-0.2, -0.15) is 11.3 Å². The van der Waals surface area contributed by atoms with Crippen molar-refractivity contribution in [3.05, 3.63) is 50.9 Å². The van der Waals surface area contributed by atoms with Crippen molar-refractivity contribution >= 4 is 27.3 Å². The van der Waals surface area contributed by atoms with E-state index in [1.807, 2.05) is 12.3 Å². The van der Waals surface area contributed by atoms with Gasteiger partial charge in [-0.1, -0.05) is 6.07 Å². The number of aromatic nitrogens is 1. The predicted octanol–water partition coefficient (Wildman–Crippen LogP) is 3.56. The lowest BCUT2D eigenvalue weighted by atomic mass is 9.71. The third-order valence-corrected chi connectivity index (χ3v) is 6.74. The number of nitrogens with two attached hydrogens (primary N) is 2. The normalized spacial score (nSPS) is 20.3. The van der Waals surface area contributed by atoms with Gasteiger partial charge in [-0.05, 0) is 102 Å². The summed E-state index contributed by atoms with van der Waals surface area (Å²) >= 11 is 5.14. The van der Waals surface area contributed by atoms with Crippen molar-refractivity contribution in [2.45, 2.75) is 37.8 Å². The molecule has 0 radical (unpaired) electrons. The molecule has 3 heterocycles. The first-order valence-electron chi connectivity index (χ1n) is 8.93. The maximum absolute atomic E-state index is 7.10. The van der Waals surface area contributed by atoms with Crippen LogP contribution in [0.5, 0.6) is 0 Å². The van der Waals surface area contributed by atoms with Crippen LogP contribution in [0.1, 0.15) is 37.3 Å². The van der Waals surface area contributed by atoms with Crippen LogP contribution in [0.4, 0.5) is 0 Å². The molecule has 2 aromatic rings. The smallest absolute Gasteiger partial charge is 0.106 e. The van der Waals surface area contributed by atoms with Crippen molar-refractivity contribution in [1.29, 1.82) is 0 Å². The van der Waals surface area contributed by atoms with Crippen molar-refractivity contribution in [3.8, 4) is 0 Å². The number of halogens is 1. The second-order valence-corrected chi connectivity index (χ2v) is 8.58. The van der Waals surface area contributed by atoms with E-state index in [4.69, 9.17) is 11.5 Å². The Balaban J connectivity index is 1.83. The number of hydrogen-bond acceptors (Lipinski definition) is 5. The summed E-state index contributed by atoms with van der Waals surface area (Å²) in [5.74, 6) is 0.409. The van der Waals surface area contributed by atoms with Gasteiger partial charge in [-0.3, -0.25) is 0 Å². The van der Waals surface area contributed by atoms with Gasteiger partial charge >= 0.3 is 0 Å². The summed E-state index contributed by atoms with van der Waals surface area (Å²) in [6.07, 6.45) is 5.17. The minimum atomic E-state index is -0.475. The predicted molar refractivity (Wildman–Crippen MR) is 109 cm³/mol. The SMILES string of the molecule is CC(CCN)N1CCC(C(N)(c2ccc(Br)nc2)c2ccsc2)CC1. The molecule has 136 valence electrons. The van der Waals surface area contributed by atoms with Gasteiger partial charge in [0.05, 0.1) is 5.54 Å². The highest BCUT2D eigenvalue weighted by Crippen LogP contribution is 2.41. The van der Waals surface area contributed by atoms with Crippen LogP contribution in [0, 0.1) is 5.92 Å². The number of likely N-dealkylation sites (tertiary alicyclic amines) is 1. The van der Waals surface area contributed by atoms with E-state index < -0.39 is 5.54 Å². The fourth-order valence-corrected chi connectivity index (χ4v) is 4.94. The average Bonchev–Trinajstić information content (AvgIpc) is 3.17. The van der Waals surface area contributed by atoms with Crippen molar-refractivity contribution in [2.24, 2.45) is 17.4 Å². The fraction of sp³-hybridized carbons (Fsp3) is 0.526. The van der Waals surface area contributed by atoms with Gasteiger partial charge < -0.3 is 16.4 Å². The lowest BCUT2D eigenvalue weighted by Gasteiger charge is -2.44. The number of thiophene rings is 1. The zero-order chi connectivity index (χ0) is 17.9. The van der Waals surface area contributed by atoms with E-state index in [2.05, 4.69) is 55.6 Å². The molecule has 0 saturated carbocycles. The van der Waals surface area contributed by atoms with E-state index in [0.29, 0.717) is 12.0 Å². The molecule has 3 rings (SSSR count). The molecule has 2 atom stereocenters. The molecule has 1 saturated heterocycles. The molecule has 4 N–H and O–H groups in total. The van der Waals surface area contributed by atoms with Gasteiger partial charge in [-0.15, -0.1) is 0 Å². The Morgan fingerprint density at radius 1 is 1.32 bits per heavy atom. The summed E-state index contributed by atoms with van der Waals surface area (Å²) in [5, 5.41) is 4.30. The minimum Gasteiger partial charge on any atom is -0.330 e. The Labute approximate surface area is 162 Å². The van der Waals surface area contributed by atoms with Gasteiger partial charge in [0.2, 0.25) is 0 Å². The molecule has 6 heteroatoms. The molecule has 0 bridgehead atoms. The summed E-state index contributed by atoms with van der Waals surface area (Å²) in [6.45, 7) is 5.19. The molecule has 0 amide bonds. The third kappa shape index (κ3) is 3.98. The minimum absolute atomic E-state index is 0.409. The Kier molecular flexibility index (Phi) is 6.28. The zero-order valence-corrected chi connectivity index (χ0v) is 17.1. The Hall–Kier alpha value is -0.790. The molecule has 1 fully saturated rings. The molecule has 0 spiro atoms. The van der Waals surface area contributed by atoms with E-state index >= 15 is 0 Å². The Bertz CT molecular complexity index is 653. The second-order valence-electron chi connectivity index (χ2n) is 6.99. The van der Waals surface area contributed by atoms with Crippen LogP contribution in [-0.4, -0.2) is 35.6 Å². The summed E-state index contributed by atoms with van der Waals surface area (Å²) in [5.41, 5.74) is 14.7. The first-order valence-corrected chi connectivity index (χ1v) is 10.7. The molecule has 0 aliphatic carbocycles. The molecule has 1 aliphatic rings. The highest BCUT2D eigenvalue weighted by atomic mass is 79.9. The second kappa shape index (κ2) is 8.27. The van der Waals surface area contributed by atoms with E-state index in [-0.39, 0.29) is 0 Å². The van der Waals surface area contributed by atoms with Crippen molar-refractivity contribution in [3.63, 3.8) is 0 Å². The van der Waals surface area contributed by atoms with Gasteiger partial charge in [0.25, 0.3) is 0 Å². The molecule has 1 aliphatic heterocycles. The van der Waals surface area contributed by atoms with Crippen LogP contribution in [-0.2, 0) is 5.54 Å². The molecule has 25 heavy (non-hydrogen) atoms. The summed E-state index contributed by atoms with van der Waals surface area (Å²) in [4.78, 5) is 6.99. The molecule has 2 aromatic heterocycles. The lowest BCUT2D eigenvalue weighted by molar-refractivity contribution is 0.109. The zero-order valence-electron chi connectivity index (χ0n) is 14.7. The first kappa shape index (κ1) is 19.0. The number of piperidine rings is 1. The van der Waals surface area contributed by atoms with Crippen molar-refractivity contribution in [1.82, 2.24) is 9.88 Å². The Morgan fingerprint density at radius 2 is 2.08 bits per heavy atom. The van der Waals surface area contributed by atoms with Crippen LogP contribution in [0.25, 0.3) is 0 Å². The highest BCUT2D eigenvalue weighted by molar-refractivity contribution is 9.10. The van der Waals surface area contributed by atoms with E-state index in [1.54, 1.807) is 11.3 Å². The topological polar surface area (TPSA) is 68.2 Å². The lowest BCUT2D eigenvalue weighted by Crippen LogP contribution is -2.51. The number of rotatable bonds is 6. The van der Waals surface area contributed by atoms with Crippen molar-refractivity contribution in [2.75, 3.05) is 19.6 Å². The summed E-state index contributed by atoms with van der Waals surface area (Å²) in [6, 6.07) is 6.81. The van der Waals surface area contributed by atoms with E-state index in [1.165, 1.54) is 5.56 Å². The maximum atomic E-state index is 7.10. The van der Waals surface area contributed by atoms with Crippen LogP contribution < -0.4 is 11.5 Å². The number of pyridine rings is 1. The molecule has 0 aromatic carbocycles. The average molecular weight is 423 g/mol. The molecule has 4 nitrogen and oxygen atoms in total. The molecule has 2 unspecified atom stereocenters. The molecular formula is C19H27BrN4S. The van der Waals surface area contributed by atoms with Gasteiger partial charge in [0.1, 0.15) is 4.60 Å². The standard InChI is InChI=1S/C19H27BrN4S/c1-14(4-8-21)24-9-5-15(6-10-24)19(22,17-7-11-25-13-17)16-2-3-18(20)23-12-16/h2-3,7,11-15H,4-6,8-10,21-22H2,1H3. The largest absolute Gasteiger partial charge is 0.330 e. The fourth-order valence-electron chi connectivity index (χ4n) is 3.98. The first-order chi connectivity index (χ1) is 12.1. The molecular weight excluding hydrogens is 396 g/mol. The van der Waals surface area contributed by atoms with Crippen LogP contribution in [0.2, 0.25) is 0 Å². The van der Waals surface area contributed by atoms with Crippen LogP contribution >= 0.6 is 27.3 Å². The summed E-state index contributed by atoms with van der Waals surface area (Å²) in [7, 11) is 0. The number of hydrogen-bond donors (Lipinski definition) is 2. The maximum Gasteiger partial charge on any atom is 0.106 e. The van der Waals surface area contributed by atoms with Gasteiger partial charge in [-0.25, -0.2) is 4.98 Å². The van der Waals surface area contributed by atoms with E-state index in [0.717, 1.165) is 49.1 Å². The van der Waals surface area contributed by atoms with Gasteiger partial charge in [0, 0.05) is 12.2 Å². The van der Waals surface area contributed by atoms with Crippen LogP contribution in [0.15, 0.2) is 39.8 Å². The quantitative estimate of drug-likeness (QED) is 0.698. The monoisotopic (exact) mass is 422 g/mol. The third-order valence-electron chi connectivity index (χ3n) is 5.59. The van der Waals surface area contributed by atoms with Crippen LogP contribution in [0.3, 0.4) is 0 Å². The highest BCUT2D eigenvalue weighted by Gasteiger charge is 2.41. The Morgan fingerprint density at radius 3 is 2.64 bits per heavy atom. The summed E-state index contributed by atoms with van der Waals surface area (Å²) < 4.78 is 0.842. The van der Waals surface area contributed by atoms with E-state index in [9.17, 15) is 0 Å². The number of nitrogens with zero attached hydrogens (tertiary/aromatic N) is 2. The van der Waals surface area contributed by atoms with Crippen molar-refractivity contribution < 1.29 is 0 Å².